The molecule has 0 saturated heterocycles. The Hall–Kier alpha value is -1.47. The summed E-state index contributed by atoms with van der Waals surface area (Å²) in [6.45, 7) is 1.48. The van der Waals surface area contributed by atoms with Crippen molar-refractivity contribution >= 4 is 21.6 Å². The van der Waals surface area contributed by atoms with Crippen LogP contribution in [0.3, 0.4) is 0 Å². The van der Waals surface area contributed by atoms with Crippen molar-refractivity contribution in [2.24, 2.45) is 0 Å². The maximum atomic E-state index is 12.4. The third-order valence-corrected chi connectivity index (χ3v) is 5.03. The van der Waals surface area contributed by atoms with Gasteiger partial charge in [-0.3, -0.25) is 4.98 Å². The monoisotopic (exact) mass is 326 g/mol. The van der Waals surface area contributed by atoms with E-state index in [0.717, 1.165) is 5.56 Å². The highest BCUT2D eigenvalue weighted by molar-refractivity contribution is 7.89. The smallest absolute Gasteiger partial charge is 0.242 e. The first-order chi connectivity index (χ1) is 9.94. The molecule has 0 amide bonds. The molecule has 2 rings (SSSR count). The Morgan fingerprint density at radius 1 is 1.29 bits per heavy atom. The number of sulfonamides is 1. The first kappa shape index (κ1) is 15.9. The van der Waals surface area contributed by atoms with E-state index in [-0.39, 0.29) is 16.5 Å². The van der Waals surface area contributed by atoms with Gasteiger partial charge >= 0.3 is 0 Å². The number of aromatic nitrogens is 1. The molecule has 5 nitrogen and oxygen atoms in total. The number of benzene rings is 1. The van der Waals surface area contributed by atoms with Crippen molar-refractivity contribution in [2.75, 3.05) is 0 Å². The Kier molecular flexibility index (Phi) is 4.95. The summed E-state index contributed by atoms with van der Waals surface area (Å²) in [5.74, 6) is 0. The minimum Gasteiger partial charge on any atom is -0.392 e. The molecule has 2 N–H and O–H groups in total. The van der Waals surface area contributed by atoms with Crippen LogP contribution in [0.5, 0.6) is 0 Å². The van der Waals surface area contributed by atoms with Gasteiger partial charge in [0.15, 0.2) is 0 Å². The van der Waals surface area contributed by atoms with Crippen LogP contribution in [-0.4, -0.2) is 18.5 Å². The number of rotatable bonds is 5. The van der Waals surface area contributed by atoms with E-state index < -0.39 is 16.1 Å². The van der Waals surface area contributed by atoms with Crippen LogP contribution in [0.2, 0.25) is 5.02 Å². The van der Waals surface area contributed by atoms with Crippen LogP contribution in [-0.2, 0) is 16.6 Å². The fourth-order valence-electron chi connectivity index (χ4n) is 1.87. The Morgan fingerprint density at radius 3 is 2.57 bits per heavy atom. The second-order valence-electron chi connectivity index (χ2n) is 4.55. The van der Waals surface area contributed by atoms with E-state index in [1.54, 1.807) is 37.5 Å². The lowest BCUT2D eigenvalue weighted by Crippen LogP contribution is -2.27. The SMILES string of the molecule is CC(NS(=O)(=O)c1cc(CO)ccc1Cl)c1ccncc1. The molecule has 21 heavy (non-hydrogen) atoms. The molecule has 2 aromatic rings. The van der Waals surface area contributed by atoms with E-state index in [2.05, 4.69) is 9.71 Å². The van der Waals surface area contributed by atoms with E-state index in [1.807, 2.05) is 0 Å². The zero-order valence-corrected chi connectivity index (χ0v) is 12.9. The first-order valence-electron chi connectivity index (χ1n) is 6.25. The first-order valence-corrected chi connectivity index (χ1v) is 8.11. The molecule has 0 aliphatic heterocycles. The van der Waals surface area contributed by atoms with Crippen LogP contribution in [0.1, 0.15) is 24.1 Å². The average molecular weight is 327 g/mol. The third kappa shape index (κ3) is 3.79. The topological polar surface area (TPSA) is 79.3 Å². The lowest BCUT2D eigenvalue weighted by molar-refractivity contribution is 0.281. The molecule has 0 bridgehead atoms. The van der Waals surface area contributed by atoms with E-state index in [0.29, 0.717) is 5.56 Å². The standard InChI is InChI=1S/C14H15ClN2O3S/c1-10(12-4-6-16-7-5-12)17-21(19,20)14-8-11(9-18)2-3-13(14)15/h2-8,10,17-18H,9H2,1H3. The van der Waals surface area contributed by atoms with Crippen molar-refractivity contribution in [1.82, 2.24) is 9.71 Å². The Labute approximate surface area is 128 Å². The highest BCUT2D eigenvalue weighted by atomic mass is 35.5. The quantitative estimate of drug-likeness (QED) is 0.883. The van der Waals surface area contributed by atoms with Crippen LogP contribution >= 0.6 is 11.6 Å². The number of nitrogens with one attached hydrogen (secondary N) is 1. The molecule has 1 unspecified atom stereocenters. The fourth-order valence-corrected chi connectivity index (χ4v) is 3.65. The van der Waals surface area contributed by atoms with Gasteiger partial charge < -0.3 is 5.11 Å². The predicted octanol–water partition coefficient (Wildman–Crippen LogP) is 2.27. The van der Waals surface area contributed by atoms with Gasteiger partial charge in [-0.25, -0.2) is 13.1 Å². The summed E-state index contributed by atoms with van der Waals surface area (Å²) in [6, 6.07) is 7.45. The van der Waals surface area contributed by atoms with Gasteiger partial charge in [0, 0.05) is 18.4 Å². The number of nitrogens with zero attached hydrogens (tertiary/aromatic N) is 1. The van der Waals surface area contributed by atoms with Crippen molar-refractivity contribution in [1.29, 1.82) is 0 Å². The van der Waals surface area contributed by atoms with Crippen molar-refractivity contribution in [3.8, 4) is 0 Å². The number of aliphatic hydroxyl groups is 1. The zero-order valence-electron chi connectivity index (χ0n) is 11.3. The summed E-state index contributed by atoms with van der Waals surface area (Å²) in [5, 5.41) is 9.23. The van der Waals surface area contributed by atoms with Crippen LogP contribution in [0.4, 0.5) is 0 Å². The number of pyridine rings is 1. The molecule has 0 saturated carbocycles. The maximum absolute atomic E-state index is 12.4. The largest absolute Gasteiger partial charge is 0.392 e. The van der Waals surface area contributed by atoms with Gasteiger partial charge in [0.2, 0.25) is 10.0 Å². The van der Waals surface area contributed by atoms with Crippen molar-refractivity contribution in [3.63, 3.8) is 0 Å². The van der Waals surface area contributed by atoms with Crippen molar-refractivity contribution in [2.45, 2.75) is 24.5 Å². The number of aliphatic hydroxyl groups excluding tert-OH is 1. The molecule has 1 heterocycles. The minimum atomic E-state index is -3.78. The summed E-state index contributed by atoms with van der Waals surface area (Å²) in [7, 11) is -3.78. The molecular weight excluding hydrogens is 312 g/mol. The molecule has 0 spiro atoms. The molecule has 112 valence electrons. The van der Waals surface area contributed by atoms with E-state index >= 15 is 0 Å². The van der Waals surface area contributed by atoms with Crippen LogP contribution < -0.4 is 4.72 Å². The lowest BCUT2D eigenvalue weighted by Gasteiger charge is -2.15. The molecule has 0 radical (unpaired) electrons. The van der Waals surface area contributed by atoms with E-state index in [4.69, 9.17) is 16.7 Å². The highest BCUT2D eigenvalue weighted by Crippen LogP contribution is 2.24. The Balaban J connectivity index is 2.30. The summed E-state index contributed by atoms with van der Waals surface area (Å²) >= 11 is 5.96. The molecule has 0 aliphatic rings. The van der Waals surface area contributed by atoms with Gasteiger partial charge in [0.25, 0.3) is 0 Å². The van der Waals surface area contributed by atoms with E-state index in [1.165, 1.54) is 12.1 Å². The molecule has 1 atom stereocenters. The molecular formula is C14H15ClN2O3S. The van der Waals surface area contributed by atoms with Gasteiger partial charge in [-0.1, -0.05) is 17.7 Å². The van der Waals surface area contributed by atoms with Gasteiger partial charge in [-0.2, -0.15) is 0 Å². The normalized spacial score (nSPS) is 13.1. The number of hydrogen-bond acceptors (Lipinski definition) is 4. The van der Waals surface area contributed by atoms with Crippen LogP contribution in [0, 0.1) is 0 Å². The predicted molar refractivity (Wildman–Crippen MR) is 80.3 cm³/mol. The summed E-state index contributed by atoms with van der Waals surface area (Å²) in [5.41, 5.74) is 1.28. The van der Waals surface area contributed by atoms with Gasteiger partial charge in [0.1, 0.15) is 4.90 Å². The summed E-state index contributed by atoms with van der Waals surface area (Å²) in [6.07, 6.45) is 3.19. The summed E-state index contributed by atoms with van der Waals surface area (Å²) in [4.78, 5) is 3.85. The lowest BCUT2D eigenvalue weighted by atomic mass is 10.1. The highest BCUT2D eigenvalue weighted by Gasteiger charge is 2.21. The molecule has 0 aliphatic carbocycles. The van der Waals surface area contributed by atoms with Gasteiger partial charge in [-0.15, -0.1) is 0 Å². The molecule has 1 aromatic carbocycles. The van der Waals surface area contributed by atoms with Crippen LogP contribution in [0.25, 0.3) is 0 Å². The second-order valence-corrected chi connectivity index (χ2v) is 6.64. The van der Waals surface area contributed by atoms with Crippen molar-refractivity contribution in [3.05, 3.63) is 58.9 Å². The average Bonchev–Trinajstić information content (AvgIpc) is 2.48. The number of hydrogen-bond donors (Lipinski definition) is 2. The van der Waals surface area contributed by atoms with E-state index in [9.17, 15) is 8.42 Å². The Morgan fingerprint density at radius 2 is 1.95 bits per heavy atom. The van der Waals surface area contributed by atoms with Gasteiger partial charge in [-0.05, 0) is 42.3 Å². The molecule has 7 heteroatoms. The Bertz CT molecular complexity index is 720. The van der Waals surface area contributed by atoms with Crippen molar-refractivity contribution < 1.29 is 13.5 Å². The fraction of sp³-hybridized carbons (Fsp3) is 0.214. The summed E-state index contributed by atoms with van der Waals surface area (Å²) < 4.78 is 27.4. The third-order valence-electron chi connectivity index (χ3n) is 3.01. The second kappa shape index (κ2) is 6.53. The number of halogens is 1. The zero-order chi connectivity index (χ0) is 15.5. The van der Waals surface area contributed by atoms with Gasteiger partial charge in [0.05, 0.1) is 11.6 Å². The molecule has 1 aromatic heterocycles. The maximum Gasteiger partial charge on any atom is 0.242 e. The van der Waals surface area contributed by atoms with Crippen LogP contribution in [0.15, 0.2) is 47.6 Å². The minimum absolute atomic E-state index is 0.0448. The molecule has 0 fully saturated rings.